The van der Waals surface area contributed by atoms with E-state index in [4.69, 9.17) is 0 Å². The van der Waals surface area contributed by atoms with Crippen LogP contribution in [-0.2, 0) is 0 Å². The van der Waals surface area contributed by atoms with Gasteiger partial charge in [0.05, 0.1) is 0 Å². The number of nitrogens with zero attached hydrogens (tertiary/aromatic N) is 2. The van der Waals surface area contributed by atoms with Gasteiger partial charge < -0.3 is 10.2 Å². The van der Waals surface area contributed by atoms with Crippen LogP contribution in [0.2, 0.25) is 0 Å². The Morgan fingerprint density at radius 2 is 2.28 bits per heavy atom. The van der Waals surface area contributed by atoms with Gasteiger partial charge in [-0.05, 0) is 48.5 Å². The van der Waals surface area contributed by atoms with Crippen molar-refractivity contribution in [1.29, 1.82) is 0 Å². The summed E-state index contributed by atoms with van der Waals surface area (Å²) in [6.07, 6.45) is 1.11. The molecule has 1 amide bonds. The largest absolute Gasteiger partial charge is 0.349 e. The van der Waals surface area contributed by atoms with Gasteiger partial charge in [0.2, 0.25) is 0 Å². The van der Waals surface area contributed by atoms with Crippen molar-refractivity contribution < 1.29 is 4.79 Å². The van der Waals surface area contributed by atoms with Gasteiger partial charge in [-0.2, -0.15) is 0 Å². The summed E-state index contributed by atoms with van der Waals surface area (Å²) in [6, 6.07) is 5.84. The zero-order chi connectivity index (χ0) is 13.5. The summed E-state index contributed by atoms with van der Waals surface area (Å²) >= 11 is 3.25. The fourth-order valence-electron chi connectivity index (χ4n) is 1.50. The maximum Gasteiger partial charge on any atom is 0.269 e. The molecular weight excluding hydrogens is 294 g/mol. The first-order valence-electron chi connectivity index (χ1n) is 6.15. The number of nitrogens with one attached hydrogen (secondary N) is 1. The highest BCUT2D eigenvalue weighted by molar-refractivity contribution is 9.10. The average Bonchev–Trinajstić information content (AvgIpc) is 2.37. The van der Waals surface area contributed by atoms with Gasteiger partial charge in [0, 0.05) is 19.1 Å². The molecule has 18 heavy (non-hydrogen) atoms. The van der Waals surface area contributed by atoms with Crippen molar-refractivity contribution in [2.45, 2.75) is 26.3 Å². The second kappa shape index (κ2) is 7.48. The third-order valence-corrected chi connectivity index (χ3v) is 3.48. The fourth-order valence-corrected chi connectivity index (χ4v) is 1.85. The standard InChI is InChI=1S/C13H20BrN3O/c1-4-10(2)17(3)9-8-15-13(18)11-6-5-7-12(14)16-11/h5-7,10H,4,8-9H2,1-3H3,(H,15,18). The lowest BCUT2D eigenvalue weighted by Crippen LogP contribution is -2.37. The van der Waals surface area contributed by atoms with Crippen LogP contribution in [0.25, 0.3) is 0 Å². The highest BCUT2D eigenvalue weighted by Gasteiger charge is 2.09. The van der Waals surface area contributed by atoms with Crippen LogP contribution in [-0.4, -0.2) is 42.0 Å². The Balaban J connectivity index is 2.38. The van der Waals surface area contributed by atoms with Crippen LogP contribution in [0.1, 0.15) is 30.8 Å². The second-order valence-electron chi connectivity index (χ2n) is 4.34. The van der Waals surface area contributed by atoms with Crippen molar-refractivity contribution in [2.24, 2.45) is 0 Å². The Labute approximate surface area is 117 Å². The summed E-state index contributed by atoms with van der Waals surface area (Å²) in [6.45, 7) is 5.81. The molecular formula is C13H20BrN3O. The summed E-state index contributed by atoms with van der Waals surface area (Å²) in [5.74, 6) is -0.131. The number of hydrogen-bond acceptors (Lipinski definition) is 3. The van der Waals surface area contributed by atoms with Crippen molar-refractivity contribution in [3.63, 3.8) is 0 Å². The average molecular weight is 314 g/mol. The van der Waals surface area contributed by atoms with Gasteiger partial charge in [-0.3, -0.25) is 4.79 Å². The van der Waals surface area contributed by atoms with E-state index in [0.717, 1.165) is 13.0 Å². The molecule has 1 atom stereocenters. The van der Waals surface area contributed by atoms with E-state index in [2.05, 4.69) is 52.0 Å². The van der Waals surface area contributed by atoms with Gasteiger partial charge in [-0.15, -0.1) is 0 Å². The van der Waals surface area contributed by atoms with Gasteiger partial charge in [0.25, 0.3) is 5.91 Å². The third-order valence-electron chi connectivity index (χ3n) is 3.04. The molecule has 0 radical (unpaired) electrons. The Morgan fingerprint density at radius 3 is 2.89 bits per heavy atom. The van der Waals surface area contributed by atoms with E-state index in [1.165, 1.54) is 0 Å². The minimum Gasteiger partial charge on any atom is -0.349 e. The van der Waals surface area contributed by atoms with Crippen LogP contribution in [0.4, 0.5) is 0 Å². The van der Waals surface area contributed by atoms with Gasteiger partial charge in [-0.25, -0.2) is 4.98 Å². The SMILES string of the molecule is CCC(C)N(C)CCNC(=O)c1cccc(Br)n1. The third kappa shape index (κ3) is 4.74. The number of carbonyl (C=O) groups excluding carboxylic acids is 1. The molecule has 1 rings (SSSR count). The molecule has 1 heterocycles. The summed E-state index contributed by atoms with van der Waals surface area (Å²) in [5.41, 5.74) is 0.440. The van der Waals surface area contributed by atoms with Crippen LogP contribution in [0, 0.1) is 0 Å². The van der Waals surface area contributed by atoms with Crippen molar-refractivity contribution in [3.05, 3.63) is 28.5 Å². The molecule has 0 aliphatic carbocycles. The number of amides is 1. The number of likely N-dealkylation sites (N-methyl/N-ethyl adjacent to an activating group) is 1. The molecule has 0 aliphatic rings. The van der Waals surface area contributed by atoms with E-state index >= 15 is 0 Å². The number of rotatable bonds is 6. The molecule has 4 nitrogen and oxygen atoms in total. The Kier molecular flexibility index (Phi) is 6.29. The highest BCUT2D eigenvalue weighted by atomic mass is 79.9. The molecule has 100 valence electrons. The molecule has 1 unspecified atom stereocenters. The first-order chi connectivity index (χ1) is 8.54. The molecule has 0 fully saturated rings. The minimum atomic E-state index is -0.131. The van der Waals surface area contributed by atoms with Crippen LogP contribution in [0.15, 0.2) is 22.8 Å². The molecule has 0 bridgehead atoms. The predicted molar refractivity (Wildman–Crippen MR) is 76.7 cm³/mol. The lowest BCUT2D eigenvalue weighted by Gasteiger charge is -2.23. The number of carbonyl (C=O) groups is 1. The molecule has 0 saturated heterocycles. The summed E-state index contributed by atoms with van der Waals surface area (Å²) < 4.78 is 0.673. The molecule has 1 aromatic heterocycles. The van der Waals surface area contributed by atoms with Gasteiger partial charge >= 0.3 is 0 Å². The molecule has 0 spiro atoms. The Bertz CT molecular complexity index is 398. The molecule has 0 aliphatic heterocycles. The first kappa shape index (κ1) is 15.1. The lowest BCUT2D eigenvalue weighted by atomic mass is 10.2. The summed E-state index contributed by atoms with van der Waals surface area (Å²) in [5, 5.41) is 2.87. The number of halogens is 1. The second-order valence-corrected chi connectivity index (χ2v) is 5.15. The van der Waals surface area contributed by atoms with Crippen molar-refractivity contribution in [1.82, 2.24) is 15.2 Å². The minimum absolute atomic E-state index is 0.131. The molecule has 0 saturated carbocycles. The lowest BCUT2D eigenvalue weighted by molar-refractivity contribution is 0.0942. The van der Waals surface area contributed by atoms with E-state index in [9.17, 15) is 4.79 Å². The van der Waals surface area contributed by atoms with Crippen molar-refractivity contribution in [3.8, 4) is 0 Å². The van der Waals surface area contributed by atoms with Gasteiger partial charge in [0.15, 0.2) is 0 Å². The number of aromatic nitrogens is 1. The topological polar surface area (TPSA) is 45.2 Å². The van der Waals surface area contributed by atoms with Gasteiger partial charge in [0.1, 0.15) is 10.3 Å². The molecule has 1 aromatic rings. The summed E-state index contributed by atoms with van der Waals surface area (Å²) in [4.78, 5) is 18.1. The quantitative estimate of drug-likeness (QED) is 0.820. The maximum absolute atomic E-state index is 11.8. The smallest absolute Gasteiger partial charge is 0.269 e. The van der Waals surface area contributed by atoms with E-state index in [-0.39, 0.29) is 5.91 Å². The zero-order valence-corrected chi connectivity index (χ0v) is 12.7. The molecule has 5 heteroatoms. The van der Waals surface area contributed by atoms with Gasteiger partial charge in [-0.1, -0.05) is 13.0 Å². The predicted octanol–water partition coefficient (Wildman–Crippen LogP) is 2.30. The monoisotopic (exact) mass is 313 g/mol. The first-order valence-corrected chi connectivity index (χ1v) is 6.95. The summed E-state index contributed by atoms with van der Waals surface area (Å²) in [7, 11) is 2.07. The van der Waals surface area contributed by atoms with E-state index in [1.807, 2.05) is 0 Å². The maximum atomic E-state index is 11.8. The Morgan fingerprint density at radius 1 is 1.56 bits per heavy atom. The van der Waals surface area contributed by atoms with E-state index in [1.54, 1.807) is 18.2 Å². The van der Waals surface area contributed by atoms with Crippen molar-refractivity contribution >= 4 is 21.8 Å². The van der Waals surface area contributed by atoms with Crippen LogP contribution in [0.5, 0.6) is 0 Å². The molecule has 0 aromatic carbocycles. The van der Waals surface area contributed by atoms with E-state index < -0.39 is 0 Å². The van der Waals surface area contributed by atoms with Crippen LogP contribution >= 0.6 is 15.9 Å². The normalized spacial score (nSPS) is 12.5. The van der Waals surface area contributed by atoms with Crippen molar-refractivity contribution in [2.75, 3.05) is 20.1 Å². The molecule has 1 N–H and O–H groups in total. The van der Waals surface area contributed by atoms with Crippen LogP contribution < -0.4 is 5.32 Å². The van der Waals surface area contributed by atoms with Crippen LogP contribution in [0.3, 0.4) is 0 Å². The number of pyridine rings is 1. The van der Waals surface area contributed by atoms with E-state index in [0.29, 0.717) is 22.9 Å². The highest BCUT2D eigenvalue weighted by Crippen LogP contribution is 2.06. The zero-order valence-electron chi connectivity index (χ0n) is 11.1. The fraction of sp³-hybridized carbons (Fsp3) is 0.538. The Hall–Kier alpha value is -0.940. The number of hydrogen-bond donors (Lipinski definition) is 1.